The predicted molar refractivity (Wildman–Crippen MR) is 126 cm³/mol. The molecule has 2 aliphatic heterocycles. The van der Waals surface area contributed by atoms with Gasteiger partial charge in [-0.1, -0.05) is 78.9 Å². The topological polar surface area (TPSA) is 69.7 Å². The summed E-state index contributed by atoms with van der Waals surface area (Å²) in [5.41, 5.74) is 2.72. The second kappa shape index (κ2) is 8.54. The minimum absolute atomic E-state index is 0.251. The fourth-order valence-electron chi connectivity index (χ4n) is 4.83. The quantitative estimate of drug-likeness (QED) is 0.599. The third kappa shape index (κ3) is 4.00. The van der Waals surface area contributed by atoms with Crippen molar-refractivity contribution in [1.82, 2.24) is 10.2 Å². The Kier molecular flexibility index (Phi) is 5.42. The molecule has 0 unspecified atom stereocenters. The van der Waals surface area contributed by atoms with Crippen LogP contribution in [0.1, 0.15) is 16.7 Å². The van der Waals surface area contributed by atoms with E-state index < -0.39 is 11.6 Å². The molecule has 0 saturated carbocycles. The summed E-state index contributed by atoms with van der Waals surface area (Å²) in [6.45, 7) is 0.283. The maximum atomic E-state index is 13.7. The third-order valence-corrected chi connectivity index (χ3v) is 6.42. The number of amides is 4. The van der Waals surface area contributed by atoms with Crippen molar-refractivity contribution >= 4 is 23.5 Å². The molecular weight excluding hydrogens is 414 g/mol. The van der Waals surface area contributed by atoms with Crippen molar-refractivity contribution in [2.24, 2.45) is 0 Å². The van der Waals surface area contributed by atoms with Gasteiger partial charge in [0.15, 0.2) is 0 Å². The summed E-state index contributed by atoms with van der Waals surface area (Å²) in [6, 6.07) is 26.5. The van der Waals surface area contributed by atoms with Crippen LogP contribution in [0.25, 0.3) is 0 Å². The molecule has 5 rings (SSSR count). The van der Waals surface area contributed by atoms with Crippen molar-refractivity contribution in [3.8, 4) is 0 Å². The first-order chi connectivity index (χ1) is 16.1. The number of para-hydroxylation sites is 1. The molecule has 0 bridgehead atoms. The molecule has 0 aromatic heterocycles. The van der Waals surface area contributed by atoms with Gasteiger partial charge in [0, 0.05) is 25.1 Å². The number of nitrogens with one attached hydrogen (secondary N) is 1. The van der Waals surface area contributed by atoms with Crippen LogP contribution in [0.15, 0.2) is 84.9 Å². The molecule has 2 heterocycles. The van der Waals surface area contributed by atoms with E-state index in [0.717, 1.165) is 33.7 Å². The molecule has 6 heteroatoms. The number of hydrogen-bond donors (Lipinski definition) is 1. The highest BCUT2D eigenvalue weighted by molar-refractivity contribution is 6.11. The van der Waals surface area contributed by atoms with E-state index in [1.165, 1.54) is 0 Å². The highest BCUT2D eigenvalue weighted by atomic mass is 16.2. The smallest absolute Gasteiger partial charge is 0.322 e. The molecule has 3 aromatic rings. The van der Waals surface area contributed by atoms with Gasteiger partial charge in [0.05, 0.1) is 0 Å². The van der Waals surface area contributed by atoms with Crippen molar-refractivity contribution in [1.29, 1.82) is 0 Å². The number of imide groups is 1. The second-order valence-electron chi connectivity index (χ2n) is 8.65. The van der Waals surface area contributed by atoms with Crippen molar-refractivity contribution < 1.29 is 14.4 Å². The summed E-state index contributed by atoms with van der Waals surface area (Å²) in [4.78, 5) is 42.6. The summed E-state index contributed by atoms with van der Waals surface area (Å²) in [5, 5.41) is 2.95. The molecule has 1 N–H and O–H groups in total. The first kappa shape index (κ1) is 20.9. The van der Waals surface area contributed by atoms with E-state index in [9.17, 15) is 14.4 Å². The number of nitrogens with zero attached hydrogens (tertiary/aromatic N) is 2. The van der Waals surface area contributed by atoms with E-state index in [1.54, 1.807) is 4.90 Å². The number of benzene rings is 3. The zero-order valence-electron chi connectivity index (χ0n) is 18.2. The van der Waals surface area contributed by atoms with E-state index in [4.69, 9.17) is 0 Å². The van der Waals surface area contributed by atoms with Gasteiger partial charge >= 0.3 is 6.03 Å². The Morgan fingerprint density at radius 3 is 2.03 bits per heavy atom. The number of carbonyl (C=O) groups is 3. The first-order valence-electron chi connectivity index (χ1n) is 11.2. The fraction of sp³-hybridized carbons (Fsp3) is 0.222. The summed E-state index contributed by atoms with van der Waals surface area (Å²) < 4.78 is 0. The highest BCUT2D eigenvalue weighted by Crippen LogP contribution is 2.30. The van der Waals surface area contributed by atoms with Crippen molar-refractivity contribution in [2.75, 3.05) is 18.0 Å². The minimum Gasteiger partial charge on any atom is -0.322 e. The number of carbonyl (C=O) groups excluding carboxylic acids is 3. The van der Waals surface area contributed by atoms with Crippen molar-refractivity contribution in [2.45, 2.75) is 24.8 Å². The van der Waals surface area contributed by atoms with Crippen LogP contribution in [-0.2, 0) is 28.9 Å². The zero-order valence-corrected chi connectivity index (χ0v) is 18.2. The molecule has 166 valence electrons. The summed E-state index contributed by atoms with van der Waals surface area (Å²) >= 11 is 0. The third-order valence-electron chi connectivity index (χ3n) is 6.42. The first-order valence-corrected chi connectivity index (χ1v) is 11.2. The Bertz CT molecular complexity index is 1150. The van der Waals surface area contributed by atoms with Gasteiger partial charge in [0.25, 0.3) is 5.91 Å². The highest BCUT2D eigenvalue weighted by Gasteiger charge is 2.51. The standard InChI is InChI=1S/C27H25N3O3/c31-24(29-16-15-22-13-7-8-14-23(22)29)19-30-25(32)27(28-26(30)33,17-20-9-3-1-4-10-20)18-21-11-5-2-6-12-21/h1-14H,15-19H2,(H,28,33). The van der Waals surface area contributed by atoms with E-state index >= 15 is 0 Å². The maximum Gasteiger partial charge on any atom is 0.325 e. The van der Waals surface area contributed by atoms with Crippen molar-refractivity contribution in [3.63, 3.8) is 0 Å². The van der Waals surface area contributed by atoms with Gasteiger partial charge in [-0.05, 0) is 29.2 Å². The van der Waals surface area contributed by atoms with Crippen LogP contribution in [-0.4, -0.2) is 41.4 Å². The molecule has 2 aliphatic rings. The number of rotatable bonds is 6. The van der Waals surface area contributed by atoms with Gasteiger partial charge in [0.2, 0.25) is 5.91 Å². The molecule has 3 aromatic carbocycles. The Morgan fingerprint density at radius 1 is 0.818 bits per heavy atom. The molecule has 0 atom stereocenters. The Morgan fingerprint density at radius 2 is 1.39 bits per heavy atom. The minimum atomic E-state index is -1.14. The van der Waals surface area contributed by atoms with Gasteiger partial charge in [-0.2, -0.15) is 0 Å². The van der Waals surface area contributed by atoms with Gasteiger partial charge in [-0.25, -0.2) is 4.79 Å². The molecule has 1 fully saturated rings. The monoisotopic (exact) mass is 439 g/mol. The van der Waals surface area contributed by atoms with E-state index in [0.29, 0.717) is 19.4 Å². The van der Waals surface area contributed by atoms with Crippen LogP contribution < -0.4 is 10.2 Å². The van der Waals surface area contributed by atoms with Gasteiger partial charge in [-0.15, -0.1) is 0 Å². The molecule has 1 saturated heterocycles. The van der Waals surface area contributed by atoms with Crippen LogP contribution >= 0.6 is 0 Å². The van der Waals surface area contributed by atoms with Crippen LogP contribution in [0.5, 0.6) is 0 Å². The van der Waals surface area contributed by atoms with Crippen molar-refractivity contribution in [3.05, 3.63) is 102 Å². The lowest BCUT2D eigenvalue weighted by Gasteiger charge is -2.27. The zero-order chi connectivity index (χ0) is 22.8. The number of hydrogen-bond acceptors (Lipinski definition) is 3. The molecule has 6 nitrogen and oxygen atoms in total. The van der Waals surface area contributed by atoms with Crippen LogP contribution in [0.3, 0.4) is 0 Å². The molecule has 0 radical (unpaired) electrons. The summed E-state index contributed by atoms with van der Waals surface area (Å²) in [7, 11) is 0. The fourth-order valence-corrected chi connectivity index (χ4v) is 4.83. The second-order valence-corrected chi connectivity index (χ2v) is 8.65. The van der Waals surface area contributed by atoms with Crippen LogP contribution in [0.2, 0.25) is 0 Å². The van der Waals surface area contributed by atoms with Crippen LogP contribution in [0, 0.1) is 0 Å². The molecule has 4 amide bonds. The number of urea groups is 1. The predicted octanol–water partition coefficient (Wildman–Crippen LogP) is 3.35. The molecular formula is C27H25N3O3. The Hall–Kier alpha value is -3.93. The lowest BCUT2D eigenvalue weighted by molar-refractivity contribution is -0.134. The Labute approximate surface area is 192 Å². The lowest BCUT2D eigenvalue weighted by Crippen LogP contribution is -2.51. The van der Waals surface area contributed by atoms with Gasteiger partial charge in [0.1, 0.15) is 12.1 Å². The van der Waals surface area contributed by atoms with Gasteiger partial charge < -0.3 is 10.2 Å². The maximum absolute atomic E-state index is 13.7. The average Bonchev–Trinajstić information content (AvgIpc) is 3.36. The summed E-state index contributed by atoms with van der Waals surface area (Å²) in [6.07, 6.45) is 1.48. The van der Waals surface area contributed by atoms with Crippen LogP contribution in [0.4, 0.5) is 10.5 Å². The normalized spacial score (nSPS) is 16.6. The largest absolute Gasteiger partial charge is 0.325 e. The number of fused-ring (bicyclic) bond motifs is 1. The molecule has 33 heavy (non-hydrogen) atoms. The van der Waals surface area contributed by atoms with E-state index in [-0.39, 0.29) is 18.4 Å². The average molecular weight is 440 g/mol. The number of anilines is 1. The lowest BCUT2D eigenvalue weighted by atomic mass is 9.84. The van der Waals surface area contributed by atoms with Gasteiger partial charge in [-0.3, -0.25) is 14.5 Å². The molecule has 0 spiro atoms. The Balaban J connectivity index is 1.41. The van der Waals surface area contributed by atoms with E-state index in [2.05, 4.69) is 5.32 Å². The summed E-state index contributed by atoms with van der Waals surface area (Å²) in [5.74, 6) is -0.611. The molecule has 0 aliphatic carbocycles. The SMILES string of the molecule is O=C1NC(Cc2ccccc2)(Cc2ccccc2)C(=O)N1CC(=O)N1CCc2ccccc21. The van der Waals surface area contributed by atoms with E-state index in [1.807, 2.05) is 84.9 Å².